The summed E-state index contributed by atoms with van der Waals surface area (Å²) in [5, 5.41) is 2.96. The van der Waals surface area contributed by atoms with Crippen molar-refractivity contribution in [3.63, 3.8) is 0 Å². The Morgan fingerprint density at radius 3 is 2.17 bits per heavy atom. The third-order valence-electron chi connectivity index (χ3n) is 5.93. The van der Waals surface area contributed by atoms with Crippen molar-refractivity contribution in [2.75, 3.05) is 18.4 Å². The molecule has 1 N–H and O–H groups in total. The molecule has 0 radical (unpaired) electrons. The third-order valence-corrected chi connectivity index (χ3v) is 7.85. The lowest BCUT2D eigenvalue weighted by Crippen LogP contribution is -2.41. The van der Waals surface area contributed by atoms with E-state index in [9.17, 15) is 13.2 Å². The van der Waals surface area contributed by atoms with Crippen molar-refractivity contribution in [3.8, 4) is 5.75 Å². The van der Waals surface area contributed by atoms with Gasteiger partial charge in [0.05, 0.1) is 11.0 Å². The second kappa shape index (κ2) is 9.18. The van der Waals surface area contributed by atoms with Gasteiger partial charge in [-0.05, 0) is 74.9 Å². The maximum atomic E-state index is 12.7. The Kier molecular flexibility index (Phi) is 6.39. The Bertz CT molecular complexity index is 946. The van der Waals surface area contributed by atoms with E-state index in [4.69, 9.17) is 4.74 Å². The highest BCUT2D eigenvalue weighted by Crippen LogP contribution is 2.27. The molecule has 2 fully saturated rings. The van der Waals surface area contributed by atoms with Gasteiger partial charge in [0.15, 0.2) is 0 Å². The topological polar surface area (TPSA) is 75.7 Å². The van der Waals surface area contributed by atoms with Crippen LogP contribution in [0.25, 0.3) is 0 Å². The molecule has 0 unspecified atom stereocenters. The molecule has 1 saturated carbocycles. The molecule has 6 nitrogen and oxygen atoms in total. The summed E-state index contributed by atoms with van der Waals surface area (Å²) in [7, 11) is -3.50. The van der Waals surface area contributed by atoms with E-state index in [1.807, 2.05) is 24.3 Å². The van der Waals surface area contributed by atoms with E-state index in [1.165, 1.54) is 17.1 Å². The van der Waals surface area contributed by atoms with Gasteiger partial charge < -0.3 is 10.1 Å². The van der Waals surface area contributed by atoms with Crippen molar-refractivity contribution in [3.05, 3.63) is 54.6 Å². The number of ether oxygens (including phenoxy) is 1. The number of benzene rings is 2. The smallest absolute Gasteiger partial charge is 0.243 e. The number of nitrogens with one attached hydrogen (secondary N) is 1. The second-order valence-corrected chi connectivity index (χ2v) is 9.97. The molecule has 0 aromatic heterocycles. The zero-order valence-corrected chi connectivity index (χ0v) is 17.8. The third kappa shape index (κ3) is 4.84. The molecule has 0 atom stereocenters. The molecule has 160 valence electrons. The molecule has 0 spiro atoms. The lowest BCUT2D eigenvalue weighted by Gasteiger charge is -2.30. The maximum absolute atomic E-state index is 12.7. The largest absolute Gasteiger partial charge is 0.490 e. The van der Waals surface area contributed by atoms with Crippen LogP contribution in [0.2, 0.25) is 0 Å². The van der Waals surface area contributed by atoms with Gasteiger partial charge in [-0.1, -0.05) is 18.2 Å². The van der Waals surface area contributed by atoms with Gasteiger partial charge in [0.25, 0.3) is 0 Å². The normalized spacial score (nSPS) is 18.9. The number of carbonyl (C=O) groups is 1. The minimum atomic E-state index is -3.50. The summed E-state index contributed by atoms with van der Waals surface area (Å²) in [6.45, 7) is 0.701. The first-order valence-electron chi connectivity index (χ1n) is 10.7. The first-order chi connectivity index (χ1) is 14.5. The Balaban J connectivity index is 1.29. The number of amides is 1. The van der Waals surface area contributed by atoms with Gasteiger partial charge >= 0.3 is 0 Å². The Morgan fingerprint density at radius 2 is 1.53 bits per heavy atom. The fraction of sp³-hybridized carbons (Fsp3) is 0.435. The number of nitrogens with zero attached hydrogens (tertiary/aromatic N) is 1. The summed E-state index contributed by atoms with van der Waals surface area (Å²) < 4.78 is 32.9. The van der Waals surface area contributed by atoms with Gasteiger partial charge in [-0.25, -0.2) is 8.42 Å². The van der Waals surface area contributed by atoms with Crippen molar-refractivity contribution in [2.24, 2.45) is 5.92 Å². The zero-order chi connectivity index (χ0) is 21.0. The highest BCUT2D eigenvalue weighted by molar-refractivity contribution is 7.89. The van der Waals surface area contributed by atoms with Gasteiger partial charge in [-0.3, -0.25) is 4.79 Å². The van der Waals surface area contributed by atoms with Crippen LogP contribution in [0.5, 0.6) is 5.75 Å². The quantitative estimate of drug-likeness (QED) is 0.753. The van der Waals surface area contributed by atoms with Gasteiger partial charge in [0, 0.05) is 24.7 Å². The fourth-order valence-corrected chi connectivity index (χ4v) is 5.65. The molecule has 2 aliphatic rings. The standard InChI is InChI=1S/C23H28N2O4S/c26-23(24-19-10-12-21(13-11-19)29-20-6-4-5-7-20)18-14-16-25(17-15-18)30(27,28)22-8-2-1-3-9-22/h1-3,8-13,18,20H,4-7,14-17H2,(H,24,26). The molecule has 7 heteroatoms. The van der Waals surface area contributed by atoms with E-state index in [0.29, 0.717) is 36.9 Å². The average molecular weight is 429 g/mol. The SMILES string of the molecule is O=C(Nc1ccc(OC2CCCC2)cc1)C1CCN(S(=O)(=O)c2ccccc2)CC1. The molecule has 1 aliphatic heterocycles. The molecule has 1 aliphatic carbocycles. The summed E-state index contributed by atoms with van der Waals surface area (Å²) in [6.07, 6.45) is 6.01. The summed E-state index contributed by atoms with van der Waals surface area (Å²) in [4.78, 5) is 12.9. The van der Waals surface area contributed by atoms with Crippen LogP contribution in [-0.4, -0.2) is 37.8 Å². The second-order valence-electron chi connectivity index (χ2n) is 8.03. The molecular formula is C23H28N2O4S. The molecule has 1 heterocycles. The Labute approximate surface area is 178 Å². The Morgan fingerprint density at radius 1 is 0.900 bits per heavy atom. The van der Waals surface area contributed by atoms with E-state index >= 15 is 0 Å². The molecule has 30 heavy (non-hydrogen) atoms. The van der Waals surface area contributed by atoms with E-state index in [0.717, 1.165) is 24.3 Å². The molecule has 2 aromatic carbocycles. The van der Waals surface area contributed by atoms with E-state index in [2.05, 4.69) is 5.32 Å². The van der Waals surface area contributed by atoms with Crippen molar-refractivity contribution in [2.45, 2.75) is 49.5 Å². The van der Waals surface area contributed by atoms with Crippen molar-refractivity contribution >= 4 is 21.6 Å². The van der Waals surface area contributed by atoms with Crippen LogP contribution in [-0.2, 0) is 14.8 Å². The predicted octanol–water partition coefficient (Wildman–Crippen LogP) is 4.05. The van der Waals surface area contributed by atoms with E-state index in [-0.39, 0.29) is 11.8 Å². The highest BCUT2D eigenvalue weighted by Gasteiger charge is 2.32. The number of sulfonamides is 1. The van der Waals surface area contributed by atoms with Gasteiger partial charge in [-0.2, -0.15) is 4.31 Å². The number of piperidine rings is 1. The minimum absolute atomic E-state index is 0.0591. The molecule has 0 bridgehead atoms. The number of rotatable bonds is 6. The molecular weight excluding hydrogens is 400 g/mol. The lowest BCUT2D eigenvalue weighted by molar-refractivity contribution is -0.120. The van der Waals surface area contributed by atoms with Gasteiger partial charge in [0.1, 0.15) is 5.75 Å². The van der Waals surface area contributed by atoms with Crippen LogP contribution >= 0.6 is 0 Å². The summed E-state index contributed by atoms with van der Waals surface area (Å²) >= 11 is 0. The van der Waals surface area contributed by atoms with Gasteiger partial charge in [-0.15, -0.1) is 0 Å². The monoisotopic (exact) mass is 428 g/mol. The first-order valence-corrected chi connectivity index (χ1v) is 12.1. The van der Waals surface area contributed by atoms with Crippen molar-refractivity contribution < 1.29 is 17.9 Å². The van der Waals surface area contributed by atoms with Crippen LogP contribution in [0.4, 0.5) is 5.69 Å². The van der Waals surface area contributed by atoms with Crippen LogP contribution in [0, 0.1) is 5.92 Å². The fourth-order valence-electron chi connectivity index (χ4n) is 4.16. The predicted molar refractivity (Wildman–Crippen MR) is 116 cm³/mol. The van der Waals surface area contributed by atoms with Crippen LogP contribution in [0.15, 0.2) is 59.5 Å². The highest BCUT2D eigenvalue weighted by atomic mass is 32.2. The first kappa shape index (κ1) is 20.9. The number of anilines is 1. The van der Waals surface area contributed by atoms with E-state index in [1.54, 1.807) is 30.3 Å². The number of hydrogen-bond acceptors (Lipinski definition) is 4. The minimum Gasteiger partial charge on any atom is -0.490 e. The zero-order valence-electron chi connectivity index (χ0n) is 17.0. The van der Waals surface area contributed by atoms with Crippen LogP contribution in [0.3, 0.4) is 0 Å². The summed E-state index contributed by atoms with van der Waals surface area (Å²) in [5.41, 5.74) is 0.734. The molecule has 2 aromatic rings. The molecule has 1 saturated heterocycles. The lowest BCUT2D eigenvalue weighted by atomic mass is 9.97. The van der Waals surface area contributed by atoms with E-state index < -0.39 is 10.0 Å². The summed E-state index contributed by atoms with van der Waals surface area (Å²) in [6, 6.07) is 15.9. The molecule has 4 rings (SSSR count). The van der Waals surface area contributed by atoms with Crippen molar-refractivity contribution in [1.29, 1.82) is 0 Å². The maximum Gasteiger partial charge on any atom is 0.243 e. The summed E-state index contributed by atoms with van der Waals surface area (Å²) in [5.74, 6) is 0.581. The Hall–Kier alpha value is -2.38. The van der Waals surface area contributed by atoms with Gasteiger partial charge in [0.2, 0.25) is 15.9 Å². The van der Waals surface area contributed by atoms with Crippen molar-refractivity contribution in [1.82, 2.24) is 4.31 Å². The van der Waals surface area contributed by atoms with Crippen LogP contribution < -0.4 is 10.1 Å². The number of hydrogen-bond donors (Lipinski definition) is 1. The molecule has 1 amide bonds. The van der Waals surface area contributed by atoms with Crippen LogP contribution in [0.1, 0.15) is 38.5 Å². The number of carbonyl (C=O) groups excluding carboxylic acids is 1. The average Bonchev–Trinajstić information content (AvgIpc) is 3.29.